The van der Waals surface area contributed by atoms with E-state index < -0.39 is 43.3 Å². The lowest BCUT2D eigenvalue weighted by molar-refractivity contribution is 0.0440. The third-order valence-electron chi connectivity index (χ3n) is 3.59. The summed E-state index contributed by atoms with van der Waals surface area (Å²) >= 11 is 0. The Kier molecular flexibility index (Phi) is 6.95. The number of esters is 1. The summed E-state index contributed by atoms with van der Waals surface area (Å²) in [5.41, 5.74) is -0.210. The van der Waals surface area contributed by atoms with E-state index in [1.165, 1.54) is 32.3 Å². The van der Waals surface area contributed by atoms with Gasteiger partial charge in [0.25, 0.3) is 10.0 Å². The van der Waals surface area contributed by atoms with Crippen LogP contribution in [0.3, 0.4) is 0 Å². The summed E-state index contributed by atoms with van der Waals surface area (Å²) in [7, 11) is -5.30. The van der Waals surface area contributed by atoms with Crippen LogP contribution in [0.2, 0.25) is 0 Å². The van der Waals surface area contributed by atoms with E-state index in [1.54, 1.807) is 0 Å². The standard InChI is InChI=1S/C17H19FN2O7S2/c1-4-9-19-28(22,23)15-10-12(5-7-14(15)18)17(21)26-11-13-6-8-16(27-13)29(24,25)20(2)3/h4-8,10,19H,1,9,11H2,2-3H3. The van der Waals surface area contributed by atoms with Crippen molar-refractivity contribution in [2.75, 3.05) is 20.6 Å². The van der Waals surface area contributed by atoms with Crippen molar-refractivity contribution in [1.29, 1.82) is 0 Å². The van der Waals surface area contributed by atoms with E-state index in [0.717, 1.165) is 22.5 Å². The molecule has 0 saturated heterocycles. The molecule has 29 heavy (non-hydrogen) atoms. The fourth-order valence-electron chi connectivity index (χ4n) is 2.06. The van der Waals surface area contributed by atoms with E-state index in [9.17, 15) is 26.0 Å². The highest BCUT2D eigenvalue weighted by Gasteiger charge is 2.23. The fourth-order valence-corrected chi connectivity index (χ4v) is 3.97. The molecule has 0 saturated carbocycles. The van der Waals surface area contributed by atoms with Gasteiger partial charge in [-0.2, -0.15) is 0 Å². The SMILES string of the molecule is C=CCNS(=O)(=O)c1cc(C(=O)OCc2ccc(S(=O)(=O)N(C)C)o2)ccc1F. The van der Waals surface area contributed by atoms with E-state index in [0.29, 0.717) is 0 Å². The number of furan rings is 1. The average molecular weight is 446 g/mol. The van der Waals surface area contributed by atoms with Crippen LogP contribution in [-0.4, -0.2) is 47.8 Å². The van der Waals surface area contributed by atoms with Gasteiger partial charge in [0.1, 0.15) is 23.1 Å². The predicted molar refractivity (Wildman–Crippen MR) is 100 cm³/mol. The molecule has 0 aliphatic carbocycles. The summed E-state index contributed by atoms with van der Waals surface area (Å²) in [6.07, 6.45) is 1.28. The molecule has 2 aromatic rings. The van der Waals surface area contributed by atoms with Crippen molar-refractivity contribution in [1.82, 2.24) is 9.03 Å². The van der Waals surface area contributed by atoms with E-state index in [1.807, 2.05) is 0 Å². The minimum Gasteiger partial charge on any atom is -0.454 e. The lowest BCUT2D eigenvalue weighted by Crippen LogP contribution is -2.25. The summed E-state index contributed by atoms with van der Waals surface area (Å²) in [6, 6.07) is 5.27. The highest BCUT2D eigenvalue weighted by atomic mass is 32.2. The fraction of sp³-hybridized carbons (Fsp3) is 0.235. The molecule has 0 amide bonds. The molecule has 1 N–H and O–H groups in total. The van der Waals surface area contributed by atoms with E-state index in [2.05, 4.69) is 11.3 Å². The number of carbonyl (C=O) groups is 1. The molecule has 0 aliphatic heterocycles. The van der Waals surface area contributed by atoms with Crippen molar-refractivity contribution < 1.29 is 35.2 Å². The Morgan fingerprint density at radius 2 is 1.93 bits per heavy atom. The number of nitrogens with one attached hydrogen (secondary N) is 1. The zero-order valence-corrected chi connectivity index (χ0v) is 17.2. The van der Waals surface area contributed by atoms with E-state index >= 15 is 0 Å². The maximum Gasteiger partial charge on any atom is 0.338 e. The largest absolute Gasteiger partial charge is 0.454 e. The Labute approximate surface area is 167 Å². The number of rotatable bonds is 9. The molecule has 2 rings (SSSR count). The van der Waals surface area contributed by atoms with Crippen LogP contribution in [0, 0.1) is 5.82 Å². The second-order valence-corrected chi connectivity index (χ2v) is 9.69. The van der Waals surface area contributed by atoms with Crippen LogP contribution in [0.5, 0.6) is 0 Å². The molecule has 0 fully saturated rings. The Morgan fingerprint density at radius 3 is 2.55 bits per heavy atom. The maximum atomic E-state index is 13.9. The molecule has 0 bridgehead atoms. The Morgan fingerprint density at radius 1 is 1.24 bits per heavy atom. The van der Waals surface area contributed by atoms with Gasteiger partial charge in [-0.15, -0.1) is 6.58 Å². The molecule has 158 valence electrons. The van der Waals surface area contributed by atoms with E-state index in [4.69, 9.17) is 9.15 Å². The Hall–Kier alpha value is -2.54. The third kappa shape index (κ3) is 5.29. The topological polar surface area (TPSA) is 123 Å². The summed E-state index contributed by atoms with van der Waals surface area (Å²) in [5, 5.41) is -0.322. The maximum absolute atomic E-state index is 13.9. The highest BCUT2D eigenvalue weighted by molar-refractivity contribution is 7.89. The molecule has 0 unspecified atom stereocenters. The molecule has 1 aromatic carbocycles. The van der Waals surface area contributed by atoms with Crippen LogP contribution >= 0.6 is 0 Å². The number of nitrogens with zero attached hydrogens (tertiary/aromatic N) is 1. The minimum absolute atomic E-state index is 0.0568. The number of hydrogen-bond acceptors (Lipinski definition) is 7. The molecule has 0 aliphatic rings. The van der Waals surface area contributed by atoms with Gasteiger partial charge in [-0.25, -0.2) is 35.0 Å². The van der Waals surface area contributed by atoms with Crippen molar-refractivity contribution in [3.05, 3.63) is 60.1 Å². The van der Waals surface area contributed by atoms with Crippen molar-refractivity contribution in [3.8, 4) is 0 Å². The smallest absolute Gasteiger partial charge is 0.338 e. The molecular formula is C17H19FN2O7S2. The lowest BCUT2D eigenvalue weighted by atomic mass is 10.2. The van der Waals surface area contributed by atoms with Gasteiger partial charge >= 0.3 is 5.97 Å². The Balaban J connectivity index is 2.15. The van der Waals surface area contributed by atoms with Crippen LogP contribution in [0.1, 0.15) is 16.1 Å². The van der Waals surface area contributed by atoms with Gasteiger partial charge < -0.3 is 9.15 Å². The number of halogens is 1. The van der Waals surface area contributed by atoms with Crippen molar-refractivity contribution in [3.63, 3.8) is 0 Å². The molecule has 0 atom stereocenters. The summed E-state index contributed by atoms with van der Waals surface area (Å²) in [5.74, 6) is -1.93. The second kappa shape index (κ2) is 8.86. The molecule has 0 radical (unpaired) electrons. The predicted octanol–water partition coefficient (Wildman–Crippen LogP) is 1.49. The minimum atomic E-state index is -4.19. The summed E-state index contributed by atoms with van der Waals surface area (Å²) < 4.78 is 75.2. The van der Waals surface area contributed by atoms with Gasteiger partial charge in [0, 0.05) is 20.6 Å². The summed E-state index contributed by atoms with van der Waals surface area (Å²) in [6.45, 7) is 2.84. The first kappa shape index (κ1) is 22.7. The molecule has 1 heterocycles. The van der Waals surface area contributed by atoms with Gasteiger partial charge in [0.15, 0.2) is 0 Å². The zero-order chi connectivity index (χ0) is 21.8. The summed E-state index contributed by atoms with van der Waals surface area (Å²) in [4.78, 5) is 11.5. The molecule has 1 aromatic heterocycles. The quantitative estimate of drug-likeness (QED) is 0.457. The number of carbonyl (C=O) groups excluding carboxylic acids is 1. The monoisotopic (exact) mass is 446 g/mol. The Bertz CT molecular complexity index is 1120. The van der Waals surface area contributed by atoms with Gasteiger partial charge in [-0.05, 0) is 30.3 Å². The van der Waals surface area contributed by atoms with Crippen LogP contribution in [0.4, 0.5) is 4.39 Å². The van der Waals surface area contributed by atoms with E-state index in [-0.39, 0.29) is 23.0 Å². The second-order valence-electron chi connectivity index (χ2n) is 5.87. The zero-order valence-electron chi connectivity index (χ0n) is 15.6. The van der Waals surface area contributed by atoms with Gasteiger partial charge in [-0.3, -0.25) is 0 Å². The lowest BCUT2D eigenvalue weighted by Gasteiger charge is -2.09. The van der Waals surface area contributed by atoms with Crippen molar-refractivity contribution >= 4 is 26.0 Å². The number of hydrogen-bond donors (Lipinski definition) is 1. The number of benzene rings is 1. The molecule has 0 spiro atoms. The van der Waals surface area contributed by atoms with Gasteiger partial charge in [-0.1, -0.05) is 6.08 Å². The van der Waals surface area contributed by atoms with Gasteiger partial charge in [0.2, 0.25) is 15.1 Å². The average Bonchev–Trinajstić information content (AvgIpc) is 3.14. The molecular weight excluding hydrogens is 427 g/mol. The van der Waals surface area contributed by atoms with Gasteiger partial charge in [0.05, 0.1) is 5.56 Å². The van der Waals surface area contributed by atoms with Crippen molar-refractivity contribution in [2.45, 2.75) is 16.6 Å². The number of ether oxygens (including phenoxy) is 1. The first-order valence-electron chi connectivity index (χ1n) is 8.07. The van der Waals surface area contributed by atoms with Crippen LogP contribution in [0.15, 0.2) is 57.4 Å². The molecule has 12 heteroatoms. The van der Waals surface area contributed by atoms with Crippen LogP contribution in [0.25, 0.3) is 0 Å². The third-order valence-corrected chi connectivity index (χ3v) is 6.72. The molecule has 9 nitrogen and oxygen atoms in total. The first-order valence-corrected chi connectivity index (χ1v) is 11.0. The van der Waals surface area contributed by atoms with Crippen LogP contribution < -0.4 is 4.72 Å². The van der Waals surface area contributed by atoms with Crippen LogP contribution in [-0.2, 0) is 31.4 Å². The number of sulfonamides is 2. The van der Waals surface area contributed by atoms with Crippen molar-refractivity contribution in [2.24, 2.45) is 0 Å². The normalized spacial score (nSPS) is 12.1. The highest BCUT2D eigenvalue weighted by Crippen LogP contribution is 2.20. The first-order chi connectivity index (χ1) is 13.5.